The zero-order valence-corrected chi connectivity index (χ0v) is 7.60. The van der Waals surface area contributed by atoms with Gasteiger partial charge in [-0.1, -0.05) is 0 Å². The molecule has 14 heavy (non-hydrogen) atoms. The van der Waals surface area contributed by atoms with Gasteiger partial charge in [-0.2, -0.15) is 13.2 Å². The summed E-state index contributed by atoms with van der Waals surface area (Å²) in [7, 11) is 0. The first-order valence-electron chi connectivity index (χ1n) is 4.14. The molecule has 1 amide bonds. The van der Waals surface area contributed by atoms with Gasteiger partial charge in [-0.3, -0.25) is 10.2 Å². The highest BCUT2D eigenvalue weighted by atomic mass is 19.4. The number of hydrazine groups is 1. The van der Waals surface area contributed by atoms with Crippen LogP contribution in [0.4, 0.5) is 13.2 Å². The minimum atomic E-state index is -4.83. The lowest BCUT2D eigenvalue weighted by Crippen LogP contribution is -2.54. The highest BCUT2D eigenvalue weighted by Crippen LogP contribution is 2.14. The summed E-state index contributed by atoms with van der Waals surface area (Å²) < 4.78 is 40.6. The van der Waals surface area contributed by atoms with Gasteiger partial charge in [0.05, 0.1) is 12.7 Å². The maximum atomic E-state index is 11.8. The number of alkyl halides is 3. The molecule has 4 nitrogen and oxygen atoms in total. The number of amides is 1. The summed E-state index contributed by atoms with van der Waals surface area (Å²) in [6.45, 7) is 2.58. The number of morpholine rings is 1. The molecule has 7 heteroatoms. The summed E-state index contributed by atoms with van der Waals surface area (Å²) in [6, 6.07) is 0. The van der Waals surface area contributed by atoms with E-state index in [2.05, 4.69) is 0 Å². The van der Waals surface area contributed by atoms with E-state index in [1.807, 2.05) is 0 Å². The average molecular weight is 212 g/mol. The Morgan fingerprint density at radius 2 is 2.21 bits per heavy atom. The lowest BCUT2D eigenvalue weighted by Gasteiger charge is -2.31. The van der Waals surface area contributed by atoms with Crippen molar-refractivity contribution in [1.29, 1.82) is 0 Å². The SMILES string of the molecule is CC1CN(NC(=O)C(F)(F)F)CCO1. The summed E-state index contributed by atoms with van der Waals surface area (Å²) in [5.41, 5.74) is 1.78. The van der Waals surface area contributed by atoms with E-state index in [1.165, 1.54) is 5.01 Å². The lowest BCUT2D eigenvalue weighted by atomic mass is 10.3. The van der Waals surface area contributed by atoms with Crippen molar-refractivity contribution in [3.05, 3.63) is 0 Å². The molecule has 82 valence electrons. The smallest absolute Gasteiger partial charge is 0.376 e. The first kappa shape index (κ1) is 11.3. The number of nitrogens with zero attached hydrogens (tertiary/aromatic N) is 1. The number of nitrogens with one attached hydrogen (secondary N) is 1. The second-order valence-corrected chi connectivity index (χ2v) is 3.07. The molecule has 1 fully saturated rings. The van der Waals surface area contributed by atoms with Crippen molar-refractivity contribution in [2.45, 2.75) is 19.2 Å². The maximum Gasteiger partial charge on any atom is 0.472 e. The standard InChI is InChI=1S/C7H11F3N2O2/c1-5-4-12(2-3-14-5)11-6(13)7(8,9)10/h5H,2-4H2,1H3,(H,11,13). The van der Waals surface area contributed by atoms with Gasteiger partial charge in [-0.05, 0) is 6.92 Å². The average Bonchev–Trinajstić information content (AvgIpc) is 2.02. The lowest BCUT2D eigenvalue weighted by molar-refractivity contribution is -0.181. The van der Waals surface area contributed by atoms with Crippen LogP contribution in [0.2, 0.25) is 0 Å². The van der Waals surface area contributed by atoms with E-state index in [1.54, 1.807) is 12.3 Å². The first-order valence-corrected chi connectivity index (χ1v) is 4.14. The zero-order chi connectivity index (χ0) is 10.8. The Bertz CT molecular complexity index is 219. The molecule has 1 unspecified atom stereocenters. The van der Waals surface area contributed by atoms with Crippen molar-refractivity contribution >= 4 is 5.91 Å². The zero-order valence-electron chi connectivity index (χ0n) is 7.60. The largest absolute Gasteiger partial charge is 0.472 e. The van der Waals surface area contributed by atoms with E-state index in [-0.39, 0.29) is 19.2 Å². The molecule has 0 aliphatic carbocycles. The van der Waals surface area contributed by atoms with E-state index in [9.17, 15) is 18.0 Å². The van der Waals surface area contributed by atoms with Gasteiger partial charge in [-0.25, -0.2) is 5.01 Å². The fraction of sp³-hybridized carbons (Fsp3) is 0.857. The van der Waals surface area contributed by atoms with Crippen LogP contribution in [0.1, 0.15) is 6.92 Å². The second kappa shape index (κ2) is 4.14. The van der Waals surface area contributed by atoms with E-state index >= 15 is 0 Å². The van der Waals surface area contributed by atoms with Gasteiger partial charge in [0.1, 0.15) is 0 Å². The monoisotopic (exact) mass is 212 g/mol. The van der Waals surface area contributed by atoms with Crippen LogP contribution in [0.15, 0.2) is 0 Å². The number of carbonyl (C=O) groups is 1. The van der Waals surface area contributed by atoms with Crippen molar-refractivity contribution in [1.82, 2.24) is 10.4 Å². The van der Waals surface area contributed by atoms with Crippen LogP contribution >= 0.6 is 0 Å². The predicted octanol–water partition coefficient (Wildman–Crippen LogP) is 0.301. The number of ether oxygens (including phenoxy) is 1. The number of hydrogen-bond donors (Lipinski definition) is 1. The van der Waals surface area contributed by atoms with Crippen molar-refractivity contribution in [2.75, 3.05) is 19.7 Å². The molecule has 0 aromatic rings. The van der Waals surface area contributed by atoms with Crippen LogP contribution in [0.3, 0.4) is 0 Å². The number of carbonyl (C=O) groups excluding carboxylic acids is 1. The van der Waals surface area contributed by atoms with Gasteiger partial charge >= 0.3 is 12.1 Å². The van der Waals surface area contributed by atoms with Crippen LogP contribution in [0.25, 0.3) is 0 Å². The van der Waals surface area contributed by atoms with Crippen LogP contribution in [0.5, 0.6) is 0 Å². The highest BCUT2D eigenvalue weighted by molar-refractivity contribution is 5.81. The van der Waals surface area contributed by atoms with Gasteiger partial charge in [0, 0.05) is 13.1 Å². The third-order valence-electron chi connectivity index (χ3n) is 1.76. The Balaban J connectivity index is 2.40. The van der Waals surface area contributed by atoms with Crippen LogP contribution in [-0.4, -0.2) is 42.9 Å². The summed E-state index contributed by atoms with van der Waals surface area (Å²) in [5, 5.41) is 1.21. The molecule has 1 N–H and O–H groups in total. The Morgan fingerprint density at radius 3 is 2.71 bits per heavy atom. The topological polar surface area (TPSA) is 41.6 Å². The number of rotatable bonds is 1. The summed E-state index contributed by atoms with van der Waals surface area (Å²) in [6.07, 6.45) is -5.00. The molecular formula is C7H11F3N2O2. The Labute approximate surface area is 79.0 Å². The van der Waals surface area contributed by atoms with E-state index in [0.717, 1.165) is 0 Å². The Morgan fingerprint density at radius 1 is 1.57 bits per heavy atom. The van der Waals surface area contributed by atoms with Crippen molar-refractivity contribution in [3.63, 3.8) is 0 Å². The van der Waals surface area contributed by atoms with Gasteiger partial charge in [0.25, 0.3) is 0 Å². The Hall–Kier alpha value is -0.820. The molecule has 0 spiro atoms. The van der Waals surface area contributed by atoms with Crippen LogP contribution in [0, 0.1) is 0 Å². The molecule has 1 heterocycles. The van der Waals surface area contributed by atoms with Gasteiger partial charge in [-0.15, -0.1) is 0 Å². The molecule has 0 radical (unpaired) electrons. The highest BCUT2D eigenvalue weighted by Gasteiger charge is 2.40. The summed E-state index contributed by atoms with van der Waals surface area (Å²) >= 11 is 0. The molecule has 1 aliphatic heterocycles. The van der Waals surface area contributed by atoms with Crippen molar-refractivity contribution in [3.8, 4) is 0 Å². The molecule has 0 aromatic heterocycles. The fourth-order valence-electron chi connectivity index (χ4n) is 1.13. The minimum absolute atomic E-state index is 0.169. The van der Waals surface area contributed by atoms with E-state index in [0.29, 0.717) is 6.61 Å². The van der Waals surface area contributed by atoms with Crippen LogP contribution < -0.4 is 5.43 Å². The molecule has 0 saturated carbocycles. The minimum Gasteiger partial charge on any atom is -0.376 e. The fourth-order valence-corrected chi connectivity index (χ4v) is 1.13. The number of hydrogen-bond acceptors (Lipinski definition) is 3. The molecule has 1 aliphatic rings. The third kappa shape index (κ3) is 3.15. The Kier molecular flexibility index (Phi) is 3.33. The quantitative estimate of drug-likeness (QED) is 0.679. The molecule has 0 aromatic carbocycles. The third-order valence-corrected chi connectivity index (χ3v) is 1.76. The predicted molar refractivity (Wildman–Crippen MR) is 41.2 cm³/mol. The van der Waals surface area contributed by atoms with E-state index < -0.39 is 12.1 Å². The van der Waals surface area contributed by atoms with Crippen LogP contribution in [-0.2, 0) is 9.53 Å². The summed E-state index contributed by atoms with van der Waals surface area (Å²) in [4.78, 5) is 10.5. The van der Waals surface area contributed by atoms with Gasteiger partial charge < -0.3 is 4.74 Å². The normalized spacial score (nSPS) is 24.7. The van der Waals surface area contributed by atoms with E-state index in [4.69, 9.17) is 4.74 Å². The summed E-state index contributed by atoms with van der Waals surface area (Å²) in [5.74, 6) is -1.94. The van der Waals surface area contributed by atoms with Crippen molar-refractivity contribution in [2.24, 2.45) is 0 Å². The number of halogens is 3. The molecule has 1 atom stereocenters. The van der Waals surface area contributed by atoms with Gasteiger partial charge in [0.2, 0.25) is 0 Å². The second-order valence-electron chi connectivity index (χ2n) is 3.07. The first-order chi connectivity index (χ1) is 6.39. The van der Waals surface area contributed by atoms with Crippen molar-refractivity contribution < 1.29 is 22.7 Å². The molecular weight excluding hydrogens is 201 g/mol. The van der Waals surface area contributed by atoms with Gasteiger partial charge in [0.15, 0.2) is 0 Å². The molecule has 1 saturated heterocycles. The molecule has 1 rings (SSSR count). The molecule has 0 bridgehead atoms. The maximum absolute atomic E-state index is 11.8.